The molecule has 4 heteroatoms. The van der Waals surface area contributed by atoms with Crippen LogP contribution in [0.4, 0.5) is 5.69 Å². The van der Waals surface area contributed by atoms with Crippen LogP contribution in [0.5, 0.6) is 0 Å². The van der Waals surface area contributed by atoms with Crippen molar-refractivity contribution in [1.29, 1.82) is 0 Å². The second-order valence-electron chi connectivity index (χ2n) is 4.80. The van der Waals surface area contributed by atoms with Gasteiger partial charge < -0.3 is 10.0 Å². The van der Waals surface area contributed by atoms with E-state index in [0.717, 1.165) is 29.2 Å². The van der Waals surface area contributed by atoms with E-state index in [4.69, 9.17) is 0 Å². The molecule has 0 radical (unpaired) electrons. The van der Waals surface area contributed by atoms with E-state index in [1.165, 1.54) is 19.3 Å². The number of aromatic carboxylic acids is 1. The number of carboxylic acids is 1. The minimum atomic E-state index is -0.863. The molecule has 1 N–H and O–H groups in total. The number of benzene rings is 1. The lowest BCUT2D eigenvalue weighted by Gasteiger charge is -2.33. The zero-order valence-electron chi connectivity index (χ0n) is 10.5. The molecule has 0 heterocycles. The van der Waals surface area contributed by atoms with Crippen LogP contribution in [-0.2, 0) is 0 Å². The summed E-state index contributed by atoms with van der Waals surface area (Å²) in [7, 11) is 0. The lowest BCUT2D eigenvalue weighted by molar-refractivity contribution is 0.0697. The molecular formula is C14H18BrNO2. The van der Waals surface area contributed by atoms with Crippen molar-refractivity contribution in [3.63, 3.8) is 0 Å². The van der Waals surface area contributed by atoms with Gasteiger partial charge >= 0.3 is 5.97 Å². The van der Waals surface area contributed by atoms with E-state index >= 15 is 0 Å². The van der Waals surface area contributed by atoms with Crippen LogP contribution in [0.15, 0.2) is 22.7 Å². The summed E-state index contributed by atoms with van der Waals surface area (Å²) in [5, 5.41) is 9.29. The maximum absolute atomic E-state index is 11.3. The zero-order valence-corrected chi connectivity index (χ0v) is 12.1. The first-order valence-corrected chi connectivity index (χ1v) is 7.19. The quantitative estimate of drug-likeness (QED) is 0.899. The number of carbonyl (C=O) groups is 1. The molecule has 0 aromatic heterocycles. The van der Waals surface area contributed by atoms with Gasteiger partial charge in [0.05, 0.1) is 11.3 Å². The summed E-state index contributed by atoms with van der Waals surface area (Å²) < 4.78 is 0.809. The minimum absolute atomic E-state index is 0.380. The fourth-order valence-electron chi connectivity index (χ4n) is 2.34. The van der Waals surface area contributed by atoms with E-state index in [2.05, 4.69) is 27.8 Å². The average Bonchev–Trinajstić information content (AvgIpc) is 2.28. The number of hydrogen-bond donors (Lipinski definition) is 1. The van der Waals surface area contributed by atoms with Crippen molar-refractivity contribution >= 4 is 27.6 Å². The third kappa shape index (κ3) is 2.86. The maximum Gasteiger partial charge on any atom is 0.337 e. The van der Waals surface area contributed by atoms with Crippen molar-refractivity contribution < 1.29 is 9.90 Å². The fourth-order valence-corrected chi connectivity index (χ4v) is 2.70. The Labute approximate surface area is 116 Å². The van der Waals surface area contributed by atoms with Crippen LogP contribution >= 0.6 is 15.9 Å². The molecule has 0 amide bonds. The second-order valence-corrected chi connectivity index (χ2v) is 5.72. The normalized spacial score (nSPS) is 15.2. The summed E-state index contributed by atoms with van der Waals surface area (Å²) in [6.07, 6.45) is 3.86. The zero-order chi connectivity index (χ0) is 13.1. The Morgan fingerprint density at radius 3 is 2.72 bits per heavy atom. The highest BCUT2D eigenvalue weighted by Gasteiger charge is 2.22. The highest BCUT2D eigenvalue weighted by Crippen LogP contribution is 2.31. The Balaban J connectivity index is 2.25. The topological polar surface area (TPSA) is 40.5 Å². The third-order valence-electron chi connectivity index (χ3n) is 3.61. The molecular weight excluding hydrogens is 294 g/mol. The molecule has 3 nitrogen and oxygen atoms in total. The Hall–Kier alpha value is -1.03. The fraction of sp³-hybridized carbons (Fsp3) is 0.500. The lowest BCUT2D eigenvalue weighted by atomic mass is 9.85. The van der Waals surface area contributed by atoms with Gasteiger partial charge in [-0.1, -0.05) is 22.4 Å². The van der Waals surface area contributed by atoms with Crippen LogP contribution in [0.2, 0.25) is 0 Å². The molecule has 1 aliphatic rings. The molecule has 98 valence electrons. The van der Waals surface area contributed by atoms with E-state index in [-0.39, 0.29) is 0 Å². The van der Waals surface area contributed by atoms with Crippen LogP contribution in [0, 0.1) is 5.92 Å². The molecule has 0 atom stereocenters. The smallest absolute Gasteiger partial charge is 0.337 e. The molecule has 0 saturated heterocycles. The van der Waals surface area contributed by atoms with Crippen molar-refractivity contribution in [2.24, 2.45) is 5.92 Å². The summed E-state index contributed by atoms with van der Waals surface area (Å²) in [6.45, 7) is 3.89. The Morgan fingerprint density at radius 2 is 2.22 bits per heavy atom. The van der Waals surface area contributed by atoms with E-state index in [9.17, 15) is 9.90 Å². The van der Waals surface area contributed by atoms with Gasteiger partial charge in [-0.15, -0.1) is 0 Å². The molecule has 18 heavy (non-hydrogen) atoms. The van der Waals surface area contributed by atoms with Gasteiger partial charge in [0, 0.05) is 17.6 Å². The molecule has 1 aromatic rings. The summed E-state index contributed by atoms with van der Waals surface area (Å²) in [5.74, 6) is -0.131. The van der Waals surface area contributed by atoms with Crippen molar-refractivity contribution in [2.45, 2.75) is 26.2 Å². The first kappa shape index (κ1) is 13.4. The highest BCUT2D eigenvalue weighted by atomic mass is 79.9. The van der Waals surface area contributed by atoms with Crippen LogP contribution in [0.25, 0.3) is 0 Å². The summed E-state index contributed by atoms with van der Waals surface area (Å²) >= 11 is 3.33. The van der Waals surface area contributed by atoms with Gasteiger partial charge in [-0.05, 0) is 43.9 Å². The molecule has 1 aliphatic carbocycles. The second kappa shape index (κ2) is 5.74. The predicted octanol–water partition coefficient (Wildman–Crippen LogP) is 3.77. The van der Waals surface area contributed by atoms with E-state index in [1.807, 2.05) is 12.1 Å². The number of rotatable bonds is 5. The van der Waals surface area contributed by atoms with Gasteiger partial charge in [0.15, 0.2) is 0 Å². The first-order valence-electron chi connectivity index (χ1n) is 6.39. The molecule has 0 unspecified atom stereocenters. The van der Waals surface area contributed by atoms with Crippen molar-refractivity contribution in [2.75, 3.05) is 18.0 Å². The molecule has 0 bridgehead atoms. The number of halogens is 1. The van der Waals surface area contributed by atoms with E-state index in [1.54, 1.807) is 6.07 Å². The van der Waals surface area contributed by atoms with E-state index < -0.39 is 5.97 Å². The Kier molecular flexibility index (Phi) is 4.27. The predicted molar refractivity (Wildman–Crippen MR) is 76.3 cm³/mol. The monoisotopic (exact) mass is 311 g/mol. The largest absolute Gasteiger partial charge is 0.478 e. The van der Waals surface area contributed by atoms with Crippen LogP contribution in [0.3, 0.4) is 0 Å². The number of anilines is 1. The van der Waals surface area contributed by atoms with E-state index in [0.29, 0.717) is 5.56 Å². The maximum atomic E-state index is 11.3. The van der Waals surface area contributed by atoms with Gasteiger partial charge in [-0.25, -0.2) is 4.79 Å². The van der Waals surface area contributed by atoms with Crippen LogP contribution in [-0.4, -0.2) is 24.2 Å². The summed E-state index contributed by atoms with van der Waals surface area (Å²) in [6, 6.07) is 5.49. The Bertz CT molecular complexity index is 443. The first-order chi connectivity index (χ1) is 8.61. The van der Waals surface area contributed by atoms with Crippen molar-refractivity contribution in [1.82, 2.24) is 0 Å². The van der Waals surface area contributed by atoms with Gasteiger partial charge in [0.1, 0.15) is 0 Å². The van der Waals surface area contributed by atoms with Gasteiger partial charge in [-0.2, -0.15) is 0 Å². The standard InChI is InChI=1S/C14H18BrNO2/c1-2-16(9-10-4-3-5-10)13-7-6-11(15)8-12(13)14(17)18/h6-8,10H,2-5,9H2,1H3,(H,17,18). The number of nitrogens with zero attached hydrogens (tertiary/aromatic N) is 1. The SMILES string of the molecule is CCN(CC1CCC1)c1ccc(Br)cc1C(=O)O. The highest BCUT2D eigenvalue weighted by molar-refractivity contribution is 9.10. The molecule has 2 rings (SSSR count). The van der Waals surface area contributed by atoms with Crippen LogP contribution in [0.1, 0.15) is 36.5 Å². The summed E-state index contributed by atoms with van der Waals surface area (Å²) in [5.41, 5.74) is 1.21. The number of hydrogen-bond acceptors (Lipinski definition) is 2. The lowest BCUT2D eigenvalue weighted by Crippen LogP contribution is -2.33. The van der Waals surface area contributed by atoms with Gasteiger partial charge in [0.25, 0.3) is 0 Å². The molecule has 0 aliphatic heterocycles. The Morgan fingerprint density at radius 1 is 1.50 bits per heavy atom. The minimum Gasteiger partial charge on any atom is -0.478 e. The van der Waals surface area contributed by atoms with Gasteiger partial charge in [-0.3, -0.25) is 0 Å². The molecule has 0 spiro atoms. The van der Waals surface area contributed by atoms with Crippen molar-refractivity contribution in [3.8, 4) is 0 Å². The average molecular weight is 312 g/mol. The van der Waals surface area contributed by atoms with Gasteiger partial charge in [0.2, 0.25) is 0 Å². The van der Waals surface area contributed by atoms with Crippen molar-refractivity contribution in [3.05, 3.63) is 28.2 Å². The molecule has 1 aromatic carbocycles. The third-order valence-corrected chi connectivity index (χ3v) is 4.11. The summed E-state index contributed by atoms with van der Waals surface area (Å²) in [4.78, 5) is 13.5. The molecule has 1 saturated carbocycles. The van der Waals surface area contributed by atoms with Crippen LogP contribution < -0.4 is 4.90 Å². The molecule has 1 fully saturated rings. The number of carboxylic acid groups (broad SMARTS) is 1.